The molecule has 7 nitrogen and oxygen atoms in total. The number of nitriles is 1. The zero-order valence-electron chi connectivity index (χ0n) is 20.4. The first-order chi connectivity index (χ1) is 18.3. The molecule has 3 aromatic rings. The van der Waals surface area contributed by atoms with Gasteiger partial charge in [0.1, 0.15) is 6.61 Å². The number of amides is 1. The fourth-order valence-corrected chi connectivity index (χ4v) is 5.11. The monoisotopic (exact) mass is 565 g/mol. The van der Waals surface area contributed by atoms with Crippen molar-refractivity contribution in [1.82, 2.24) is 4.90 Å². The quantitative estimate of drug-likeness (QED) is 0.229. The first kappa shape index (κ1) is 27.3. The lowest BCUT2D eigenvalue weighted by Crippen LogP contribution is -2.23. The van der Waals surface area contributed by atoms with Gasteiger partial charge in [0.2, 0.25) is 0 Å². The Kier molecular flexibility index (Phi) is 8.74. The first-order valence-corrected chi connectivity index (χ1v) is 13.0. The summed E-state index contributed by atoms with van der Waals surface area (Å²) in [4.78, 5) is 31.1. The van der Waals surface area contributed by atoms with Crippen molar-refractivity contribution in [2.24, 2.45) is 4.99 Å². The lowest BCUT2D eigenvalue weighted by atomic mass is 10.1. The Morgan fingerprint density at radius 1 is 1.13 bits per heavy atom. The van der Waals surface area contributed by atoms with Gasteiger partial charge in [0.15, 0.2) is 10.9 Å². The van der Waals surface area contributed by atoms with Crippen molar-refractivity contribution in [3.63, 3.8) is 0 Å². The van der Waals surface area contributed by atoms with Crippen molar-refractivity contribution in [2.45, 2.75) is 13.5 Å². The van der Waals surface area contributed by atoms with Gasteiger partial charge in [0, 0.05) is 12.6 Å². The van der Waals surface area contributed by atoms with E-state index in [4.69, 9.17) is 32.7 Å². The highest BCUT2D eigenvalue weighted by atomic mass is 35.5. The van der Waals surface area contributed by atoms with Crippen LogP contribution in [-0.4, -0.2) is 35.6 Å². The summed E-state index contributed by atoms with van der Waals surface area (Å²) in [6.45, 7) is 2.17. The molecule has 1 fully saturated rings. The van der Waals surface area contributed by atoms with E-state index >= 15 is 0 Å². The van der Waals surface area contributed by atoms with E-state index in [9.17, 15) is 14.9 Å². The van der Waals surface area contributed by atoms with Crippen molar-refractivity contribution in [3.8, 4) is 11.8 Å². The third kappa shape index (κ3) is 6.20. The molecule has 3 aromatic carbocycles. The summed E-state index contributed by atoms with van der Waals surface area (Å²) in [5.41, 5.74) is 2.86. The molecule has 1 aliphatic heterocycles. The number of thioether (sulfide) groups is 1. The summed E-state index contributed by atoms with van der Waals surface area (Å²) in [6.07, 6.45) is 1.68. The lowest BCUT2D eigenvalue weighted by molar-refractivity contribution is -0.121. The molecule has 192 valence electrons. The zero-order chi connectivity index (χ0) is 27.2. The average Bonchev–Trinajstić information content (AvgIpc) is 3.16. The maximum Gasteiger partial charge on any atom is 0.338 e. The molecule has 10 heteroatoms. The summed E-state index contributed by atoms with van der Waals surface area (Å²) >= 11 is 14.1. The second-order valence-corrected chi connectivity index (χ2v) is 9.83. The number of amidine groups is 1. The summed E-state index contributed by atoms with van der Waals surface area (Å²) in [5.74, 6) is -0.336. The van der Waals surface area contributed by atoms with Crippen molar-refractivity contribution < 1.29 is 19.1 Å². The van der Waals surface area contributed by atoms with Crippen LogP contribution < -0.4 is 4.74 Å². The molecule has 4 rings (SSSR count). The van der Waals surface area contributed by atoms with E-state index in [2.05, 4.69) is 11.1 Å². The number of carbonyl (C=O) groups excluding carboxylic acids is 2. The summed E-state index contributed by atoms with van der Waals surface area (Å²) in [5, 5.41) is 10.3. The van der Waals surface area contributed by atoms with Gasteiger partial charge in [0.05, 0.1) is 44.4 Å². The van der Waals surface area contributed by atoms with Crippen molar-refractivity contribution >= 4 is 63.8 Å². The van der Waals surface area contributed by atoms with E-state index in [1.54, 1.807) is 74.6 Å². The molecule has 0 N–H and O–H groups in total. The molecule has 38 heavy (non-hydrogen) atoms. The molecular weight excluding hydrogens is 545 g/mol. The van der Waals surface area contributed by atoms with Crippen molar-refractivity contribution in [3.05, 3.63) is 97.9 Å². The Morgan fingerprint density at radius 2 is 1.82 bits per heavy atom. The molecule has 0 aliphatic carbocycles. The largest absolute Gasteiger partial charge is 0.486 e. The molecule has 1 amide bonds. The number of hydrogen-bond acceptors (Lipinski definition) is 7. The maximum absolute atomic E-state index is 12.9. The number of carbonyl (C=O) groups is 2. The molecule has 0 bridgehead atoms. The van der Waals surface area contributed by atoms with Gasteiger partial charge in [-0.05, 0) is 72.8 Å². The molecule has 0 spiro atoms. The van der Waals surface area contributed by atoms with E-state index in [0.29, 0.717) is 50.4 Å². The van der Waals surface area contributed by atoms with Gasteiger partial charge in [0.25, 0.3) is 5.91 Å². The van der Waals surface area contributed by atoms with Crippen LogP contribution in [0.2, 0.25) is 10.0 Å². The molecule has 0 atom stereocenters. The van der Waals surface area contributed by atoms with Gasteiger partial charge in [-0.3, -0.25) is 9.69 Å². The highest BCUT2D eigenvalue weighted by Gasteiger charge is 2.30. The Morgan fingerprint density at radius 3 is 2.47 bits per heavy atom. The van der Waals surface area contributed by atoms with Gasteiger partial charge in [-0.2, -0.15) is 5.26 Å². The standard InChI is InChI=1S/C28H21Cl2N3O4S/c1-3-36-27(35)18-8-10-21(11-9-18)32-28-33(2)26(34)24(38-28)14-17-12-22(29)25(23(30)13-17)37-16-20-7-5-4-6-19(20)15-31/h4-14H,3,16H2,1-2H3/b24-14-,32-28?. The number of halogens is 2. The number of esters is 1. The number of likely N-dealkylation sites (N-methyl/N-ethyl adjacent to an activating group) is 1. The number of nitrogens with zero attached hydrogens (tertiary/aromatic N) is 3. The van der Waals surface area contributed by atoms with E-state index in [0.717, 1.165) is 0 Å². The Hall–Kier alpha value is -3.77. The minimum Gasteiger partial charge on any atom is -0.486 e. The number of ether oxygens (including phenoxy) is 2. The number of aliphatic imine (C=N–C) groups is 1. The molecule has 0 saturated carbocycles. The van der Waals surface area contributed by atoms with E-state index in [1.807, 2.05) is 6.07 Å². The predicted octanol–water partition coefficient (Wildman–Crippen LogP) is 6.85. The minimum absolute atomic E-state index is 0.128. The van der Waals surface area contributed by atoms with Crippen LogP contribution in [0, 0.1) is 11.3 Å². The van der Waals surface area contributed by atoms with Crippen LogP contribution in [0.3, 0.4) is 0 Å². The van der Waals surface area contributed by atoms with E-state index in [1.165, 1.54) is 16.7 Å². The molecule has 0 radical (unpaired) electrons. The third-order valence-electron chi connectivity index (χ3n) is 5.43. The highest BCUT2D eigenvalue weighted by Crippen LogP contribution is 2.38. The first-order valence-electron chi connectivity index (χ1n) is 11.4. The Bertz CT molecular complexity index is 1470. The van der Waals surface area contributed by atoms with Gasteiger partial charge in [-0.1, -0.05) is 41.4 Å². The lowest BCUT2D eigenvalue weighted by Gasteiger charge is -2.12. The molecule has 0 unspecified atom stereocenters. The third-order valence-corrected chi connectivity index (χ3v) is 7.06. The second kappa shape index (κ2) is 12.2. The van der Waals surface area contributed by atoms with Crippen LogP contribution in [0.5, 0.6) is 5.75 Å². The molecular formula is C28H21Cl2N3O4S. The van der Waals surface area contributed by atoms with E-state index < -0.39 is 5.97 Å². The SMILES string of the molecule is CCOC(=O)c1ccc(N=C2S/C(=C\c3cc(Cl)c(OCc4ccccc4C#N)c(Cl)c3)C(=O)N2C)cc1. The van der Waals surface area contributed by atoms with Gasteiger partial charge in [-0.15, -0.1) is 0 Å². The normalized spacial score (nSPS) is 15.1. The fraction of sp³-hybridized carbons (Fsp3) is 0.143. The summed E-state index contributed by atoms with van der Waals surface area (Å²) in [6, 6.07) is 19.2. The molecule has 1 aliphatic rings. The number of benzene rings is 3. The van der Waals surface area contributed by atoms with Gasteiger partial charge in [-0.25, -0.2) is 9.79 Å². The topological polar surface area (TPSA) is 92.0 Å². The fourth-order valence-electron chi connectivity index (χ4n) is 3.51. The van der Waals surface area contributed by atoms with Gasteiger partial charge >= 0.3 is 5.97 Å². The average molecular weight is 566 g/mol. The smallest absolute Gasteiger partial charge is 0.338 e. The van der Waals surface area contributed by atoms with Crippen LogP contribution >= 0.6 is 35.0 Å². The molecule has 0 aromatic heterocycles. The zero-order valence-corrected chi connectivity index (χ0v) is 22.7. The van der Waals surface area contributed by atoms with Crippen LogP contribution in [-0.2, 0) is 16.1 Å². The van der Waals surface area contributed by atoms with Crippen molar-refractivity contribution in [1.29, 1.82) is 5.26 Å². The van der Waals surface area contributed by atoms with Gasteiger partial charge < -0.3 is 9.47 Å². The van der Waals surface area contributed by atoms with E-state index in [-0.39, 0.29) is 22.6 Å². The molecule has 1 heterocycles. The highest BCUT2D eigenvalue weighted by molar-refractivity contribution is 8.18. The number of hydrogen-bond donors (Lipinski definition) is 0. The molecule has 1 saturated heterocycles. The van der Waals surface area contributed by atoms with Crippen LogP contribution in [0.25, 0.3) is 6.08 Å². The summed E-state index contributed by atoms with van der Waals surface area (Å²) < 4.78 is 10.8. The Labute approximate surface area is 234 Å². The predicted molar refractivity (Wildman–Crippen MR) is 150 cm³/mol. The van der Waals surface area contributed by atoms with Crippen molar-refractivity contribution in [2.75, 3.05) is 13.7 Å². The summed E-state index contributed by atoms with van der Waals surface area (Å²) in [7, 11) is 1.64. The van der Waals surface area contributed by atoms with Crippen LogP contribution in [0.15, 0.2) is 70.6 Å². The number of rotatable bonds is 7. The Balaban J connectivity index is 1.51. The minimum atomic E-state index is -0.403. The van der Waals surface area contributed by atoms with Crippen LogP contribution in [0.4, 0.5) is 5.69 Å². The maximum atomic E-state index is 12.9. The second-order valence-electron chi connectivity index (χ2n) is 8.01. The van der Waals surface area contributed by atoms with Crippen LogP contribution in [0.1, 0.15) is 34.0 Å².